The highest BCUT2D eigenvalue weighted by molar-refractivity contribution is 6.05. The summed E-state index contributed by atoms with van der Waals surface area (Å²) in [4.78, 5) is 63.2. The van der Waals surface area contributed by atoms with Crippen molar-refractivity contribution >= 4 is 46.5 Å². The molecule has 59 heavy (non-hydrogen) atoms. The van der Waals surface area contributed by atoms with Crippen LogP contribution in [0.15, 0.2) is 54.6 Å². The molecule has 0 saturated carbocycles. The lowest BCUT2D eigenvalue weighted by Crippen LogP contribution is -2.59. The molecule has 5 amide bonds. The van der Waals surface area contributed by atoms with Crippen LogP contribution in [0.5, 0.6) is 5.75 Å². The number of methoxy groups -OCH3 is 1. The summed E-state index contributed by atoms with van der Waals surface area (Å²) in [5.74, 6) is -0.156. The first-order chi connectivity index (χ1) is 28.5. The van der Waals surface area contributed by atoms with Crippen LogP contribution in [0.1, 0.15) is 61.0 Å². The highest BCUT2D eigenvalue weighted by Crippen LogP contribution is 2.33. The molecule has 4 fully saturated rings. The van der Waals surface area contributed by atoms with Crippen LogP contribution in [0, 0.1) is 23.1 Å². The molecule has 0 radical (unpaired) electrons. The van der Waals surface area contributed by atoms with Crippen molar-refractivity contribution in [3.63, 3.8) is 0 Å². The summed E-state index contributed by atoms with van der Waals surface area (Å²) >= 11 is 0. The zero-order valence-corrected chi connectivity index (χ0v) is 34.0. The van der Waals surface area contributed by atoms with Gasteiger partial charge in [-0.2, -0.15) is 5.26 Å². The number of benzene rings is 3. The summed E-state index contributed by atoms with van der Waals surface area (Å²) in [6.45, 7) is 11.6. The number of rotatable bonds is 8. The fourth-order valence-electron chi connectivity index (χ4n) is 9.42. The van der Waals surface area contributed by atoms with Gasteiger partial charge < -0.3 is 34.6 Å². The number of carbonyl (C=O) groups excluding carboxylic acids is 4. The van der Waals surface area contributed by atoms with E-state index in [1.54, 1.807) is 35.1 Å². The number of halogens is 1. The number of urea groups is 1. The van der Waals surface area contributed by atoms with E-state index in [1.165, 1.54) is 6.07 Å². The Bertz CT molecular complexity index is 2160. The van der Waals surface area contributed by atoms with Gasteiger partial charge in [0, 0.05) is 113 Å². The molecule has 3 aromatic carbocycles. The van der Waals surface area contributed by atoms with Crippen LogP contribution in [0.2, 0.25) is 0 Å². The highest BCUT2D eigenvalue weighted by Gasteiger charge is 2.39. The Kier molecular flexibility index (Phi) is 11.3. The van der Waals surface area contributed by atoms with Gasteiger partial charge in [-0.1, -0.05) is 0 Å². The van der Waals surface area contributed by atoms with E-state index in [1.807, 2.05) is 31.2 Å². The van der Waals surface area contributed by atoms with Crippen LogP contribution in [0.3, 0.4) is 0 Å². The number of piperidine rings is 2. The zero-order chi connectivity index (χ0) is 41.4. The Hall–Kier alpha value is -5.88. The smallest absolute Gasteiger partial charge is 0.322 e. The lowest BCUT2D eigenvalue weighted by atomic mass is 9.95. The number of ether oxygens (including phenoxy) is 1. The molecule has 0 aliphatic carbocycles. The van der Waals surface area contributed by atoms with Crippen LogP contribution in [0.4, 0.5) is 31.9 Å². The van der Waals surface area contributed by atoms with Crippen molar-refractivity contribution in [2.75, 3.05) is 86.0 Å². The molecule has 14 nitrogen and oxygen atoms in total. The lowest BCUT2D eigenvalue weighted by molar-refractivity contribution is -0.136. The van der Waals surface area contributed by atoms with E-state index < -0.39 is 11.9 Å². The van der Waals surface area contributed by atoms with Gasteiger partial charge in [-0.25, -0.2) is 9.18 Å². The quantitative estimate of drug-likeness (QED) is 0.309. The first kappa shape index (κ1) is 39.9. The fraction of sp³-hybridized carbons (Fsp3) is 0.477. The summed E-state index contributed by atoms with van der Waals surface area (Å²) in [6, 6.07) is 17.6. The third-order valence-electron chi connectivity index (χ3n) is 12.8. The summed E-state index contributed by atoms with van der Waals surface area (Å²) in [6.07, 6.45) is 2.53. The van der Waals surface area contributed by atoms with Crippen LogP contribution >= 0.6 is 0 Å². The van der Waals surface area contributed by atoms with Crippen molar-refractivity contribution in [2.45, 2.75) is 64.2 Å². The van der Waals surface area contributed by atoms with Crippen molar-refractivity contribution < 1.29 is 28.3 Å². The molecule has 5 aliphatic rings. The van der Waals surface area contributed by atoms with Crippen molar-refractivity contribution in [3.8, 4) is 11.8 Å². The minimum atomic E-state index is -0.618. The number of fused-ring (bicyclic) bond motifs is 1. The third-order valence-corrected chi connectivity index (χ3v) is 12.8. The van der Waals surface area contributed by atoms with Gasteiger partial charge in [-0.05, 0) is 93.1 Å². The summed E-state index contributed by atoms with van der Waals surface area (Å²) in [7, 11) is 1.55. The molecule has 5 heterocycles. The first-order valence-electron chi connectivity index (χ1n) is 20.7. The van der Waals surface area contributed by atoms with Gasteiger partial charge in [0.15, 0.2) is 0 Å². The number of nitrogens with zero attached hydrogens (tertiary/aromatic N) is 7. The molecule has 5 aliphatic heterocycles. The van der Waals surface area contributed by atoms with E-state index in [9.17, 15) is 24.4 Å². The molecular formula is C44H52FN9O5. The zero-order valence-electron chi connectivity index (χ0n) is 34.0. The number of imide groups is 1. The second-order valence-electron chi connectivity index (χ2n) is 16.6. The lowest BCUT2D eigenvalue weighted by Gasteiger charge is -2.45. The average molecular weight is 806 g/mol. The molecule has 3 aromatic rings. The fourth-order valence-corrected chi connectivity index (χ4v) is 9.42. The van der Waals surface area contributed by atoms with E-state index in [0.29, 0.717) is 60.2 Å². The number of nitriles is 1. The predicted octanol–water partition coefficient (Wildman–Crippen LogP) is 4.64. The number of amides is 5. The molecule has 15 heteroatoms. The number of piperazine rings is 2. The molecular weight excluding hydrogens is 754 g/mol. The van der Waals surface area contributed by atoms with E-state index in [2.05, 4.69) is 49.3 Å². The predicted molar refractivity (Wildman–Crippen MR) is 222 cm³/mol. The minimum Gasteiger partial charge on any atom is -0.495 e. The van der Waals surface area contributed by atoms with Crippen LogP contribution in [-0.4, -0.2) is 123 Å². The minimum absolute atomic E-state index is 0.00806. The molecule has 0 aromatic heterocycles. The van der Waals surface area contributed by atoms with Gasteiger partial charge in [0.25, 0.3) is 5.91 Å². The van der Waals surface area contributed by atoms with Crippen LogP contribution in [0.25, 0.3) is 0 Å². The van der Waals surface area contributed by atoms with E-state index in [4.69, 9.17) is 4.74 Å². The van der Waals surface area contributed by atoms with Gasteiger partial charge >= 0.3 is 6.03 Å². The van der Waals surface area contributed by atoms with Crippen molar-refractivity contribution in [2.24, 2.45) is 5.92 Å². The summed E-state index contributed by atoms with van der Waals surface area (Å²) in [5, 5.41) is 14.7. The van der Waals surface area contributed by atoms with Gasteiger partial charge in [0.05, 0.1) is 18.4 Å². The third kappa shape index (κ3) is 8.23. The number of nitrogens with one attached hydrogen (secondary N) is 2. The van der Waals surface area contributed by atoms with E-state index >= 15 is 4.39 Å². The molecule has 3 atom stereocenters. The van der Waals surface area contributed by atoms with E-state index in [-0.39, 0.29) is 42.2 Å². The maximum Gasteiger partial charge on any atom is 0.322 e. The number of anilines is 4. The Morgan fingerprint density at radius 1 is 0.881 bits per heavy atom. The summed E-state index contributed by atoms with van der Waals surface area (Å²) < 4.78 is 21.0. The van der Waals surface area contributed by atoms with Crippen molar-refractivity contribution in [1.82, 2.24) is 20.0 Å². The summed E-state index contributed by atoms with van der Waals surface area (Å²) in [5.41, 5.74) is 5.00. The Morgan fingerprint density at radius 2 is 1.64 bits per heavy atom. The largest absolute Gasteiger partial charge is 0.495 e. The van der Waals surface area contributed by atoms with Gasteiger partial charge in [0.1, 0.15) is 23.7 Å². The second-order valence-corrected chi connectivity index (χ2v) is 16.6. The SMILES string of the molecule is COc1cc(N2C[C@@H](C)N(C(=O)Nc3ccc(N4CCC(CN5CCN(c6ccc7c(c6)CN([C@H]6CCC(=O)NC6=O)C7=O)CC5)CC4)c(F)c3)C[C@@H]2C)ccc1C#N. The number of hydrogen-bond donors (Lipinski definition) is 2. The molecule has 4 saturated heterocycles. The Balaban J connectivity index is 0.785. The van der Waals surface area contributed by atoms with Gasteiger partial charge in [-0.15, -0.1) is 0 Å². The van der Waals surface area contributed by atoms with E-state index in [0.717, 1.165) is 75.6 Å². The van der Waals surface area contributed by atoms with Gasteiger partial charge in [-0.3, -0.25) is 24.6 Å². The van der Waals surface area contributed by atoms with Crippen molar-refractivity contribution in [1.29, 1.82) is 5.26 Å². The number of hydrogen-bond acceptors (Lipinski definition) is 10. The maximum absolute atomic E-state index is 15.6. The normalized spacial score (nSPS) is 22.9. The second kappa shape index (κ2) is 16.8. The van der Waals surface area contributed by atoms with Crippen molar-refractivity contribution in [3.05, 3.63) is 77.1 Å². The standard InChI is InChI=1S/C44H52FN9O5/c1-28-25-53(29(2)24-52(28)35-6-4-31(23-46)40(22-35)59-3)44(58)47-33-5-9-38(37(45)21-33)51-14-12-30(13-15-51)26-49-16-18-50(19-17-49)34-7-8-36-32(20-34)27-54(43(36)57)39-10-11-41(55)48-42(39)56/h4-9,20-22,28-30,39H,10-19,24-27H2,1-3H3,(H,47,58)(H,48,55,56)/t28-,29+,39-/m0/s1. The monoisotopic (exact) mass is 805 g/mol. The van der Waals surface area contributed by atoms with Crippen LogP contribution in [-0.2, 0) is 16.1 Å². The molecule has 0 unspecified atom stereocenters. The molecule has 0 spiro atoms. The highest BCUT2D eigenvalue weighted by atomic mass is 19.1. The molecule has 0 bridgehead atoms. The maximum atomic E-state index is 15.6. The topological polar surface area (TPSA) is 145 Å². The molecule has 2 N–H and O–H groups in total. The Morgan fingerprint density at radius 3 is 2.36 bits per heavy atom. The molecule has 310 valence electrons. The first-order valence-corrected chi connectivity index (χ1v) is 20.7. The molecule has 8 rings (SSSR count). The van der Waals surface area contributed by atoms with Gasteiger partial charge in [0.2, 0.25) is 11.8 Å². The number of carbonyl (C=O) groups is 4. The van der Waals surface area contributed by atoms with Crippen LogP contribution < -0.4 is 30.1 Å². The average Bonchev–Trinajstić information content (AvgIpc) is 3.56. The Labute approximate surface area is 344 Å².